The number of carbonyl (C=O) groups excluding carboxylic acids is 1. The summed E-state index contributed by atoms with van der Waals surface area (Å²) in [7, 11) is 0. The van der Waals surface area contributed by atoms with Crippen LogP contribution in [-0.4, -0.2) is 38.4 Å². The Bertz CT molecular complexity index is 476. The van der Waals surface area contributed by atoms with Gasteiger partial charge >= 0.3 is 0 Å². The van der Waals surface area contributed by atoms with Crippen molar-refractivity contribution in [2.45, 2.75) is 25.4 Å². The van der Waals surface area contributed by atoms with E-state index in [1.54, 1.807) is 18.2 Å². The van der Waals surface area contributed by atoms with Gasteiger partial charge in [0, 0.05) is 19.8 Å². The fraction of sp³-hybridized carbons (Fsp3) is 0.533. The van der Waals surface area contributed by atoms with E-state index >= 15 is 0 Å². The Hall–Kier alpha value is -0.810. The van der Waals surface area contributed by atoms with E-state index in [4.69, 9.17) is 32.7 Å². The molecule has 1 atom stereocenters. The molecule has 1 N–H and O–H groups in total. The van der Waals surface area contributed by atoms with Gasteiger partial charge in [-0.2, -0.15) is 0 Å². The van der Waals surface area contributed by atoms with Crippen molar-refractivity contribution in [1.82, 2.24) is 5.32 Å². The predicted octanol–water partition coefficient (Wildman–Crippen LogP) is 3.31. The Balaban J connectivity index is 1.61. The molecule has 6 heteroatoms. The van der Waals surface area contributed by atoms with Crippen molar-refractivity contribution in [2.24, 2.45) is 0 Å². The van der Waals surface area contributed by atoms with Crippen LogP contribution in [0.1, 0.15) is 29.6 Å². The standard InChI is InChI=1S/C15H19Cl2NO3/c16-13-6-1-5-12(14(13)17)15(19)18-7-3-8-20-10-11-4-2-9-21-11/h1,5-6,11H,2-4,7-10H2,(H,18,19). The minimum absolute atomic E-state index is 0.221. The fourth-order valence-electron chi connectivity index (χ4n) is 2.14. The lowest BCUT2D eigenvalue weighted by molar-refractivity contribution is 0.0166. The summed E-state index contributed by atoms with van der Waals surface area (Å²) in [6.07, 6.45) is 3.18. The third kappa shape index (κ3) is 5.15. The quantitative estimate of drug-likeness (QED) is 0.780. The zero-order chi connectivity index (χ0) is 15.1. The molecule has 0 radical (unpaired) electrons. The van der Waals surface area contributed by atoms with E-state index in [0.29, 0.717) is 30.3 Å². The van der Waals surface area contributed by atoms with Crippen LogP contribution in [-0.2, 0) is 9.47 Å². The van der Waals surface area contributed by atoms with Crippen molar-refractivity contribution in [1.29, 1.82) is 0 Å². The van der Waals surface area contributed by atoms with Crippen LogP contribution in [0.5, 0.6) is 0 Å². The van der Waals surface area contributed by atoms with Gasteiger partial charge < -0.3 is 14.8 Å². The van der Waals surface area contributed by atoms with Gasteiger partial charge in [0.2, 0.25) is 0 Å². The second kappa shape index (κ2) is 8.59. The monoisotopic (exact) mass is 331 g/mol. The maximum atomic E-state index is 11.9. The van der Waals surface area contributed by atoms with Gasteiger partial charge in [-0.05, 0) is 31.4 Å². The molecule has 21 heavy (non-hydrogen) atoms. The zero-order valence-electron chi connectivity index (χ0n) is 11.7. The Morgan fingerprint density at radius 3 is 3.05 bits per heavy atom. The van der Waals surface area contributed by atoms with Gasteiger partial charge in [0.15, 0.2) is 0 Å². The van der Waals surface area contributed by atoms with Gasteiger partial charge in [0.05, 0.1) is 28.3 Å². The second-order valence-corrected chi connectivity index (χ2v) is 5.71. The first-order chi connectivity index (χ1) is 10.2. The van der Waals surface area contributed by atoms with Gasteiger partial charge in [-0.3, -0.25) is 4.79 Å². The SMILES string of the molecule is O=C(NCCCOCC1CCCO1)c1cccc(Cl)c1Cl. The lowest BCUT2D eigenvalue weighted by atomic mass is 10.2. The molecule has 1 saturated heterocycles. The average Bonchev–Trinajstić information content (AvgIpc) is 2.98. The van der Waals surface area contributed by atoms with E-state index in [1.807, 2.05) is 0 Å². The Kier molecular flexibility index (Phi) is 6.77. The van der Waals surface area contributed by atoms with Crippen LogP contribution < -0.4 is 5.32 Å². The molecule has 0 aliphatic carbocycles. The van der Waals surface area contributed by atoms with Crippen LogP contribution in [0.2, 0.25) is 10.0 Å². The van der Waals surface area contributed by atoms with Crippen LogP contribution in [0.25, 0.3) is 0 Å². The maximum absolute atomic E-state index is 11.9. The summed E-state index contributed by atoms with van der Waals surface area (Å²) in [6.45, 7) is 2.61. The second-order valence-electron chi connectivity index (χ2n) is 4.92. The van der Waals surface area contributed by atoms with E-state index in [1.165, 1.54) is 0 Å². The summed E-state index contributed by atoms with van der Waals surface area (Å²) in [6, 6.07) is 5.00. The Morgan fingerprint density at radius 2 is 2.29 bits per heavy atom. The van der Waals surface area contributed by atoms with Crippen molar-refractivity contribution < 1.29 is 14.3 Å². The number of amides is 1. The van der Waals surface area contributed by atoms with Crippen molar-refractivity contribution in [3.8, 4) is 0 Å². The van der Waals surface area contributed by atoms with Crippen molar-refractivity contribution >= 4 is 29.1 Å². The zero-order valence-corrected chi connectivity index (χ0v) is 13.3. The highest BCUT2D eigenvalue weighted by molar-refractivity contribution is 6.43. The minimum Gasteiger partial charge on any atom is -0.379 e. The van der Waals surface area contributed by atoms with Crippen molar-refractivity contribution in [3.63, 3.8) is 0 Å². The molecule has 0 bridgehead atoms. The van der Waals surface area contributed by atoms with Gasteiger partial charge in [-0.25, -0.2) is 0 Å². The fourth-order valence-corrected chi connectivity index (χ4v) is 2.53. The van der Waals surface area contributed by atoms with Crippen LogP contribution >= 0.6 is 23.2 Å². The van der Waals surface area contributed by atoms with Crippen LogP contribution in [0, 0.1) is 0 Å². The molecule has 1 fully saturated rings. The summed E-state index contributed by atoms with van der Waals surface area (Å²) < 4.78 is 11.0. The van der Waals surface area contributed by atoms with Gasteiger partial charge in [-0.15, -0.1) is 0 Å². The molecular formula is C15H19Cl2NO3. The summed E-state index contributed by atoms with van der Waals surface area (Å²) in [5.74, 6) is -0.221. The first kappa shape index (κ1) is 16.6. The molecule has 0 saturated carbocycles. The van der Waals surface area contributed by atoms with Crippen molar-refractivity contribution in [2.75, 3.05) is 26.4 Å². The molecular weight excluding hydrogens is 313 g/mol. The molecule has 1 aliphatic rings. The highest BCUT2D eigenvalue weighted by Crippen LogP contribution is 2.25. The largest absolute Gasteiger partial charge is 0.379 e. The number of rotatable bonds is 7. The molecule has 1 unspecified atom stereocenters. The lowest BCUT2D eigenvalue weighted by Gasteiger charge is -2.10. The smallest absolute Gasteiger partial charge is 0.252 e. The predicted molar refractivity (Wildman–Crippen MR) is 83.2 cm³/mol. The van der Waals surface area contributed by atoms with E-state index in [-0.39, 0.29) is 17.0 Å². The number of nitrogens with one attached hydrogen (secondary N) is 1. The van der Waals surface area contributed by atoms with Crippen LogP contribution in [0.4, 0.5) is 0 Å². The number of hydrogen-bond donors (Lipinski definition) is 1. The molecule has 116 valence electrons. The number of benzene rings is 1. The van der Waals surface area contributed by atoms with E-state index in [0.717, 1.165) is 25.9 Å². The molecule has 1 heterocycles. The Morgan fingerprint density at radius 1 is 1.43 bits per heavy atom. The number of carbonyl (C=O) groups is 1. The Labute approximate surface area is 134 Å². The van der Waals surface area contributed by atoms with E-state index < -0.39 is 0 Å². The summed E-state index contributed by atoms with van der Waals surface area (Å²) in [4.78, 5) is 11.9. The minimum atomic E-state index is -0.221. The van der Waals surface area contributed by atoms with Crippen LogP contribution in [0.3, 0.4) is 0 Å². The molecule has 1 aromatic carbocycles. The van der Waals surface area contributed by atoms with Gasteiger partial charge in [0.1, 0.15) is 0 Å². The number of hydrogen-bond acceptors (Lipinski definition) is 3. The lowest BCUT2D eigenvalue weighted by Crippen LogP contribution is -2.26. The highest BCUT2D eigenvalue weighted by Gasteiger charge is 2.15. The van der Waals surface area contributed by atoms with E-state index in [9.17, 15) is 4.79 Å². The third-order valence-corrected chi connectivity index (χ3v) is 4.09. The maximum Gasteiger partial charge on any atom is 0.252 e. The van der Waals surface area contributed by atoms with Gasteiger partial charge in [-0.1, -0.05) is 29.3 Å². The van der Waals surface area contributed by atoms with Crippen LogP contribution in [0.15, 0.2) is 18.2 Å². The number of halogens is 2. The van der Waals surface area contributed by atoms with Gasteiger partial charge in [0.25, 0.3) is 5.91 Å². The first-order valence-corrected chi connectivity index (χ1v) is 7.85. The van der Waals surface area contributed by atoms with E-state index in [2.05, 4.69) is 5.32 Å². The summed E-state index contributed by atoms with van der Waals surface area (Å²) in [5.41, 5.74) is 0.393. The molecule has 1 aliphatic heterocycles. The molecule has 4 nitrogen and oxygen atoms in total. The summed E-state index contributed by atoms with van der Waals surface area (Å²) in [5, 5.41) is 3.46. The molecule has 1 amide bonds. The topological polar surface area (TPSA) is 47.6 Å². The molecule has 0 spiro atoms. The third-order valence-electron chi connectivity index (χ3n) is 3.27. The summed E-state index contributed by atoms with van der Waals surface area (Å²) >= 11 is 11.9. The normalized spacial score (nSPS) is 17.9. The molecule has 1 aromatic rings. The van der Waals surface area contributed by atoms with Crippen molar-refractivity contribution in [3.05, 3.63) is 33.8 Å². The molecule has 0 aromatic heterocycles. The molecule has 2 rings (SSSR count). The highest BCUT2D eigenvalue weighted by atomic mass is 35.5. The first-order valence-electron chi connectivity index (χ1n) is 7.10. The number of ether oxygens (including phenoxy) is 2. The average molecular weight is 332 g/mol.